The van der Waals surface area contributed by atoms with Gasteiger partial charge in [-0.3, -0.25) is 8.97 Å². The maximum absolute atomic E-state index is 6.15. The molecule has 0 fully saturated rings. The monoisotopic (exact) mass is 551 g/mol. The Morgan fingerprint density at radius 2 is 1.16 bits per heavy atom. The van der Waals surface area contributed by atoms with Crippen LogP contribution in [0.5, 0.6) is 0 Å². The van der Waals surface area contributed by atoms with Gasteiger partial charge in [0.15, 0.2) is 0 Å². The minimum absolute atomic E-state index is 0.605. The molecule has 0 saturated carbocycles. The van der Waals surface area contributed by atoms with Gasteiger partial charge in [-0.15, -0.1) is 0 Å². The third-order valence-corrected chi connectivity index (χ3v) is 8.69. The zero-order valence-corrected chi connectivity index (χ0v) is 23.3. The van der Waals surface area contributed by atoms with Crippen LogP contribution in [0.4, 0.5) is 0 Å². The first-order chi connectivity index (χ1) is 21.2. The molecule has 0 amide bonds. The lowest BCUT2D eigenvalue weighted by molar-refractivity contribution is 0.656. The molecule has 0 radical (unpaired) electrons. The lowest BCUT2D eigenvalue weighted by Crippen LogP contribution is -1.98. The predicted molar refractivity (Wildman–Crippen MR) is 180 cm³/mol. The van der Waals surface area contributed by atoms with E-state index in [2.05, 4.69) is 119 Å². The van der Waals surface area contributed by atoms with Crippen LogP contribution < -0.4 is 0 Å². The van der Waals surface area contributed by atoms with Crippen LogP contribution in [0.1, 0.15) is 11.4 Å². The number of furan rings is 1. The molecule has 0 saturated heterocycles. The van der Waals surface area contributed by atoms with Crippen molar-refractivity contribution < 1.29 is 4.42 Å². The van der Waals surface area contributed by atoms with Crippen LogP contribution in [0, 0.1) is 0 Å². The molecule has 0 aliphatic carbocycles. The molecule has 6 aromatic carbocycles. The van der Waals surface area contributed by atoms with Gasteiger partial charge in [-0.1, -0.05) is 98.1 Å². The summed E-state index contributed by atoms with van der Waals surface area (Å²) >= 11 is 0. The normalized spacial score (nSPS) is 11.9. The molecule has 0 aliphatic heterocycles. The molecule has 9 rings (SSSR count). The third-order valence-electron chi connectivity index (χ3n) is 8.69. The van der Waals surface area contributed by atoms with E-state index < -0.39 is 0 Å². The molecule has 4 heteroatoms. The summed E-state index contributed by atoms with van der Waals surface area (Å²) in [6.07, 6.45) is 3.74. The molecule has 0 N–H and O–H groups in total. The Morgan fingerprint density at radius 3 is 1.86 bits per heavy atom. The van der Waals surface area contributed by atoms with Crippen LogP contribution in [-0.2, 0) is 0 Å². The standard InChI is InChI=1S/C39H25N3O/c1-3-34-35(4-2)42-37-32-18-9-10-19-36(32)43-38(37)40-39(42)41(34)26-13-11-12-24(22-26)25-20-21-31-29-16-6-5-14-27(29)28-15-7-8-17-30(28)33(31)23-25/h3-23H,1-2H2. The van der Waals surface area contributed by atoms with E-state index in [1.807, 2.05) is 30.4 Å². The summed E-state index contributed by atoms with van der Waals surface area (Å²) in [6, 6.07) is 40.8. The first kappa shape index (κ1) is 23.8. The topological polar surface area (TPSA) is 35.4 Å². The Balaban J connectivity index is 1.29. The van der Waals surface area contributed by atoms with E-state index in [9.17, 15) is 0 Å². The fourth-order valence-corrected chi connectivity index (χ4v) is 6.82. The lowest BCUT2D eigenvalue weighted by atomic mass is 9.92. The van der Waals surface area contributed by atoms with Gasteiger partial charge in [0.2, 0.25) is 11.5 Å². The van der Waals surface area contributed by atoms with Crippen molar-refractivity contribution in [3.63, 3.8) is 0 Å². The van der Waals surface area contributed by atoms with E-state index in [4.69, 9.17) is 9.40 Å². The van der Waals surface area contributed by atoms with Crippen LogP contribution in [-0.4, -0.2) is 14.0 Å². The molecule has 0 spiro atoms. The third kappa shape index (κ3) is 3.23. The van der Waals surface area contributed by atoms with E-state index in [1.54, 1.807) is 0 Å². The molecular formula is C39H25N3O. The average Bonchev–Trinajstić information content (AvgIpc) is 3.70. The summed E-state index contributed by atoms with van der Waals surface area (Å²) in [7, 11) is 0. The molecule has 4 nitrogen and oxygen atoms in total. The van der Waals surface area contributed by atoms with Crippen LogP contribution in [0.3, 0.4) is 0 Å². The predicted octanol–water partition coefficient (Wildman–Crippen LogP) is 10.4. The van der Waals surface area contributed by atoms with Gasteiger partial charge in [0.05, 0.1) is 11.4 Å². The van der Waals surface area contributed by atoms with E-state index in [1.165, 1.54) is 32.3 Å². The van der Waals surface area contributed by atoms with Crippen molar-refractivity contribution in [2.45, 2.75) is 0 Å². The fraction of sp³-hybridized carbons (Fsp3) is 0. The Labute approximate surface area is 247 Å². The van der Waals surface area contributed by atoms with E-state index >= 15 is 0 Å². The number of aromatic nitrogens is 3. The summed E-state index contributed by atoms with van der Waals surface area (Å²) in [6.45, 7) is 8.31. The first-order valence-corrected chi connectivity index (χ1v) is 14.4. The summed E-state index contributed by atoms with van der Waals surface area (Å²) in [4.78, 5) is 4.98. The minimum atomic E-state index is 0.605. The number of hydrogen-bond donors (Lipinski definition) is 0. The molecule has 3 aromatic heterocycles. The molecule has 0 atom stereocenters. The first-order valence-electron chi connectivity index (χ1n) is 14.4. The molecule has 0 unspecified atom stereocenters. The second kappa shape index (κ2) is 8.81. The molecule has 0 bridgehead atoms. The van der Waals surface area contributed by atoms with Crippen molar-refractivity contribution in [2.75, 3.05) is 0 Å². The number of nitrogens with zero attached hydrogens (tertiary/aromatic N) is 3. The van der Waals surface area contributed by atoms with Crippen LogP contribution in [0.25, 0.3) is 89.3 Å². The highest BCUT2D eigenvalue weighted by Crippen LogP contribution is 2.38. The van der Waals surface area contributed by atoms with Gasteiger partial charge in [0.25, 0.3) is 0 Å². The summed E-state index contributed by atoms with van der Waals surface area (Å²) in [5.41, 5.74) is 7.48. The van der Waals surface area contributed by atoms with Gasteiger partial charge >= 0.3 is 0 Å². The Kier molecular flexibility index (Phi) is 4.88. The lowest BCUT2D eigenvalue weighted by Gasteiger charge is -2.13. The van der Waals surface area contributed by atoms with Gasteiger partial charge in [-0.2, -0.15) is 4.98 Å². The van der Waals surface area contributed by atoms with Crippen molar-refractivity contribution in [1.82, 2.24) is 14.0 Å². The number of benzene rings is 6. The molecule has 43 heavy (non-hydrogen) atoms. The van der Waals surface area contributed by atoms with Crippen LogP contribution in [0.2, 0.25) is 0 Å². The molecular weight excluding hydrogens is 526 g/mol. The summed E-state index contributed by atoms with van der Waals surface area (Å²) < 4.78 is 10.4. The van der Waals surface area contributed by atoms with E-state index in [0.29, 0.717) is 5.71 Å². The smallest absolute Gasteiger partial charge is 0.248 e. The van der Waals surface area contributed by atoms with Gasteiger partial charge in [-0.25, -0.2) is 0 Å². The van der Waals surface area contributed by atoms with Crippen molar-refractivity contribution in [1.29, 1.82) is 0 Å². The van der Waals surface area contributed by atoms with Gasteiger partial charge in [0, 0.05) is 11.1 Å². The quantitative estimate of drug-likeness (QED) is 0.204. The highest BCUT2D eigenvalue weighted by atomic mass is 16.3. The zero-order chi connectivity index (χ0) is 28.7. The van der Waals surface area contributed by atoms with Gasteiger partial charge in [0.1, 0.15) is 11.1 Å². The number of rotatable bonds is 4. The SMILES string of the molecule is C=Cc1c(C=C)n2c3c(nc2n1-c1cccc(-c2ccc4c5ccccc5c5ccccc5c4c2)c1)oc1ccccc13. The molecule has 0 aliphatic rings. The summed E-state index contributed by atoms with van der Waals surface area (Å²) in [5.74, 6) is 0.762. The molecule has 202 valence electrons. The Bertz CT molecular complexity index is 2570. The van der Waals surface area contributed by atoms with Crippen molar-refractivity contribution in [3.8, 4) is 16.8 Å². The largest absolute Gasteiger partial charge is 0.436 e. The van der Waals surface area contributed by atoms with Crippen LogP contribution in [0.15, 0.2) is 133 Å². The molecule has 3 heterocycles. The van der Waals surface area contributed by atoms with E-state index in [0.717, 1.165) is 50.5 Å². The fourth-order valence-electron chi connectivity index (χ4n) is 6.82. The molecule has 9 aromatic rings. The van der Waals surface area contributed by atoms with Crippen molar-refractivity contribution in [3.05, 3.63) is 140 Å². The van der Waals surface area contributed by atoms with Crippen molar-refractivity contribution in [2.24, 2.45) is 0 Å². The van der Waals surface area contributed by atoms with Crippen LogP contribution >= 0.6 is 0 Å². The zero-order valence-electron chi connectivity index (χ0n) is 23.3. The summed E-state index contributed by atoms with van der Waals surface area (Å²) in [5, 5.41) is 8.62. The Hall–Kier alpha value is -5.87. The van der Waals surface area contributed by atoms with Gasteiger partial charge < -0.3 is 4.42 Å². The number of para-hydroxylation sites is 1. The highest BCUT2D eigenvalue weighted by molar-refractivity contribution is 6.25. The van der Waals surface area contributed by atoms with E-state index in [-0.39, 0.29) is 0 Å². The maximum Gasteiger partial charge on any atom is 0.248 e. The van der Waals surface area contributed by atoms with Crippen molar-refractivity contribution >= 4 is 72.4 Å². The number of fused-ring (bicyclic) bond motifs is 11. The van der Waals surface area contributed by atoms with Gasteiger partial charge in [-0.05, 0) is 85.9 Å². The second-order valence-corrected chi connectivity index (χ2v) is 10.9. The average molecular weight is 552 g/mol. The highest BCUT2D eigenvalue weighted by Gasteiger charge is 2.23. The number of hydrogen-bond acceptors (Lipinski definition) is 2. The second-order valence-electron chi connectivity index (χ2n) is 10.9. The maximum atomic E-state index is 6.15. The minimum Gasteiger partial charge on any atom is -0.436 e. The Morgan fingerprint density at radius 1 is 0.558 bits per heavy atom. The number of imidazole rings is 2.